The van der Waals surface area contributed by atoms with E-state index in [1.807, 2.05) is 23.9 Å². The van der Waals surface area contributed by atoms with E-state index in [0.717, 1.165) is 18.0 Å². The lowest BCUT2D eigenvalue weighted by atomic mass is 10.0. The molecule has 1 saturated heterocycles. The lowest BCUT2D eigenvalue weighted by Crippen LogP contribution is -2.25. The summed E-state index contributed by atoms with van der Waals surface area (Å²) in [6, 6.07) is 6.99. The average molecular weight is 239 g/mol. The van der Waals surface area contributed by atoms with E-state index < -0.39 is 0 Å². The molecule has 1 aromatic carbocycles. The molecule has 2 rings (SSSR count). The Labute approximate surface area is 101 Å². The van der Waals surface area contributed by atoms with Crippen molar-refractivity contribution < 1.29 is 4.39 Å². The second-order valence-electron chi connectivity index (χ2n) is 4.28. The van der Waals surface area contributed by atoms with Crippen LogP contribution in [0, 0.1) is 11.7 Å². The summed E-state index contributed by atoms with van der Waals surface area (Å²) in [7, 11) is 0. The molecule has 1 aliphatic heterocycles. The minimum Gasteiger partial charge on any atom is -0.312 e. The quantitative estimate of drug-likeness (QED) is 0.866. The Bertz CT molecular complexity index is 323. The topological polar surface area (TPSA) is 12.0 Å². The van der Waals surface area contributed by atoms with Crippen molar-refractivity contribution in [3.63, 3.8) is 0 Å². The number of nitrogens with one attached hydrogen (secondary N) is 1. The molecule has 16 heavy (non-hydrogen) atoms. The Kier molecular flexibility index (Phi) is 4.67. The zero-order valence-electron chi connectivity index (χ0n) is 9.42. The molecule has 0 atom stereocenters. The summed E-state index contributed by atoms with van der Waals surface area (Å²) in [6.07, 6.45) is 2.60. The number of rotatable bonds is 4. The lowest BCUT2D eigenvalue weighted by Gasteiger charge is -2.21. The summed E-state index contributed by atoms with van der Waals surface area (Å²) >= 11 is 2.04. The average Bonchev–Trinajstić information content (AvgIpc) is 2.33. The van der Waals surface area contributed by atoms with Crippen LogP contribution in [0.3, 0.4) is 0 Å². The maximum absolute atomic E-state index is 13.3. The van der Waals surface area contributed by atoms with Crippen LogP contribution in [0.2, 0.25) is 0 Å². The fraction of sp³-hybridized carbons (Fsp3) is 0.538. The third kappa shape index (κ3) is 3.49. The minimum atomic E-state index is -0.103. The lowest BCUT2D eigenvalue weighted by molar-refractivity contribution is 0.444. The van der Waals surface area contributed by atoms with Gasteiger partial charge in [0, 0.05) is 12.1 Å². The molecule has 0 saturated carbocycles. The monoisotopic (exact) mass is 239 g/mol. The molecule has 1 heterocycles. The van der Waals surface area contributed by atoms with Crippen LogP contribution in [0.4, 0.5) is 4.39 Å². The van der Waals surface area contributed by atoms with Crippen molar-refractivity contribution in [1.29, 1.82) is 0 Å². The van der Waals surface area contributed by atoms with Crippen LogP contribution in [0.1, 0.15) is 18.4 Å². The molecule has 0 spiro atoms. The SMILES string of the molecule is Fc1ccccc1CNCC1CCSCC1. The van der Waals surface area contributed by atoms with E-state index >= 15 is 0 Å². The summed E-state index contributed by atoms with van der Waals surface area (Å²) < 4.78 is 13.3. The highest BCUT2D eigenvalue weighted by molar-refractivity contribution is 7.99. The zero-order chi connectivity index (χ0) is 11.2. The van der Waals surface area contributed by atoms with E-state index in [1.165, 1.54) is 30.4 Å². The third-order valence-corrected chi connectivity index (χ3v) is 4.10. The van der Waals surface area contributed by atoms with Gasteiger partial charge in [0.1, 0.15) is 5.82 Å². The van der Waals surface area contributed by atoms with Crippen molar-refractivity contribution in [3.8, 4) is 0 Å². The van der Waals surface area contributed by atoms with Gasteiger partial charge in [0.2, 0.25) is 0 Å². The minimum absolute atomic E-state index is 0.103. The molecule has 1 N–H and O–H groups in total. The van der Waals surface area contributed by atoms with Crippen molar-refractivity contribution >= 4 is 11.8 Å². The zero-order valence-corrected chi connectivity index (χ0v) is 10.2. The maximum atomic E-state index is 13.3. The molecule has 0 radical (unpaired) electrons. The molecular formula is C13H18FNS. The molecule has 0 bridgehead atoms. The second-order valence-corrected chi connectivity index (χ2v) is 5.50. The van der Waals surface area contributed by atoms with Crippen molar-refractivity contribution in [2.24, 2.45) is 5.92 Å². The standard InChI is InChI=1S/C13H18FNS/c14-13-4-2-1-3-12(13)10-15-9-11-5-7-16-8-6-11/h1-4,11,15H,5-10H2. The normalized spacial score (nSPS) is 17.6. The largest absolute Gasteiger partial charge is 0.312 e. The summed E-state index contributed by atoms with van der Waals surface area (Å²) in [5.41, 5.74) is 0.771. The Morgan fingerprint density at radius 2 is 2.00 bits per heavy atom. The number of hydrogen-bond donors (Lipinski definition) is 1. The van der Waals surface area contributed by atoms with Crippen molar-refractivity contribution in [1.82, 2.24) is 5.32 Å². The van der Waals surface area contributed by atoms with Gasteiger partial charge in [-0.15, -0.1) is 0 Å². The molecule has 1 nitrogen and oxygen atoms in total. The molecule has 1 aliphatic rings. The first-order valence-corrected chi connectivity index (χ1v) is 7.03. The van der Waals surface area contributed by atoms with Gasteiger partial charge < -0.3 is 5.32 Å². The van der Waals surface area contributed by atoms with Crippen molar-refractivity contribution in [2.45, 2.75) is 19.4 Å². The molecule has 0 unspecified atom stereocenters. The van der Waals surface area contributed by atoms with E-state index in [4.69, 9.17) is 0 Å². The van der Waals surface area contributed by atoms with Crippen LogP contribution in [-0.4, -0.2) is 18.1 Å². The smallest absolute Gasteiger partial charge is 0.127 e. The second kappa shape index (κ2) is 6.26. The van der Waals surface area contributed by atoms with Gasteiger partial charge in [0.05, 0.1) is 0 Å². The first kappa shape index (κ1) is 11.9. The van der Waals surface area contributed by atoms with Crippen molar-refractivity contribution in [2.75, 3.05) is 18.1 Å². The van der Waals surface area contributed by atoms with Gasteiger partial charge in [0.15, 0.2) is 0 Å². The Morgan fingerprint density at radius 1 is 1.25 bits per heavy atom. The van der Waals surface area contributed by atoms with E-state index in [-0.39, 0.29) is 5.82 Å². The van der Waals surface area contributed by atoms with Crippen LogP contribution in [-0.2, 0) is 6.54 Å². The fourth-order valence-electron chi connectivity index (χ4n) is 2.00. The van der Waals surface area contributed by atoms with E-state index in [1.54, 1.807) is 6.07 Å². The maximum Gasteiger partial charge on any atom is 0.127 e. The van der Waals surface area contributed by atoms with E-state index in [0.29, 0.717) is 6.54 Å². The third-order valence-electron chi connectivity index (χ3n) is 3.05. The molecule has 0 amide bonds. The molecular weight excluding hydrogens is 221 g/mol. The molecule has 0 aromatic heterocycles. The van der Waals surface area contributed by atoms with Crippen molar-refractivity contribution in [3.05, 3.63) is 35.6 Å². The number of thioether (sulfide) groups is 1. The highest BCUT2D eigenvalue weighted by atomic mass is 32.2. The first-order valence-electron chi connectivity index (χ1n) is 5.88. The van der Waals surface area contributed by atoms with Gasteiger partial charge in [0.25, 0.3) is 0 Å². The van der Waals surface area contributed by atoms with Gasteiger partial charge in [-0.2, -0.15) is 11.8 Å². The van der Waals surface area contributed by atoms with Crippen LogP contribution in [0.15, 0.2) is 24.3 Å². The predicted molar refractivity (Wildman–Crippen MR) is 68.2 cm³/mol. The van der Waals surface area contributed by atoms with E-state index in [9.17, 15) is 4.39 Å². The fourth-order valence-corrected chi connectivity index (χ4v) is 3.21. The Balaban J connectivity index is 1.73. The van der Waals surface area contributed by atoms with Gasteiger partial charge in [-0.25, -0.2) is 4.39 Å². The van der Waals surface area contributed by atoms with Gasteiger partial charge in [-0.3, -0.25) is 0 Å². The molecule has 0 aliphatic carbocycles. The number of benzene rings is 1. The highest BCUT2D eigenvalue weighted by Gasteiger charge is 2.13. The first-order chi connectivity index (χ1) is 7.86. The number of hydrogen-bond acceptors (Lipinski definition) is 2. The van der Waals surface area contributed by atoms with Crippen LogP contribution in [0.5, 0.6) is 0 Å². The molecule has 3 heteroatoms. The Morgan fingerprint density at radius 3 is 2.75 bits per heavy atom. The van der Waals surface area contributed by atoms with Gasteiger partial charge in [-0.1, -0.05) is 18.2 Å². The predicted octanol–water partition coefficient (Wildman–Crippen LogP) is 3.06. The molecule has 1 aromatic rings. The highest BCUT2D eigenvalue weighted by Crippen LogP contribution is 2.21. The summed E-state index contributed by atoms with van der Waals surface area (Å²) in [5.74, 6) is 3.25. The summed E-state index contributed by atoms with van der Waals surface area (Å²) in [6.45, 7) is 1.67. The van der Waals surface area contributed by atoms with Crippen LogP contribution in [0.25, 0.3) is 0 Å². The Hall–Kier alpha value is -0.540. The summed E-state index contributed by atoms with van der Waals surface area (Å²) in [4.78, 5) is 0. The van der Waals surface area contributed by atoms with E-state index in [2.05, 4.69) is 5.32 Å². The number of halogens is 1. The van der Waals surface area contributed by atoms with Crippen LogP contribution < -0.4 is 5.32 Å². The van der Waals surface area contributed by atoms with Crippen LogP contribution >= 0.6 is 11.8 Å². The molecule has 1 fully saturated rings. The summed E-state index contributed by atoms with van der Waals surface area (Å²) in [5, 5.41) is 3.36. The van der Waals surface area contributed by atoms with Gasteiger partial charge in [-0.05, 0) is 42.9 Å². The van der Waals surface area contributed by atoms with Gasteiger partial charge >= 0.3 is 0 Å². The molecule has 88 valence electrons.